The van der Waals surface area contributed by atoms with Crippen LogP contribution >= 0.6 is 11.6 Å². The molecule has 0 spiro atoms. The third-order valence-electron chi connectivity index (χ3n) is 3.62. The number of halogens is 1. The molecule has 104 valence electrons. The molecule has 1 aliphatic rings. The monoisotopic (exact) mass is 280 g/mol. The van der Waals surface area contributed by atoms with Gasteiger partial charge in [0.25, 0.3) is 0 Å². The number of amides is 1. The van der Waals surface area contributed by atoms with Crippen LogP contribution in [0.15, 0.2) is 24.3 Å². The molecule has 1 aromatic rings. The van der Waals surface area contributed by atoms with Crippen molar-refractivity contribution in [1.29, 1.82) is 0 Å². The summed E-state index contributed by atoms with van der Waals surface area (Å²) in [6, 6.07) is 7.90. The highest BCUT2D eigenvalue weighted by atomic mass is 35.5. The first-order valence-electron chi connectivity index (χ1n) is 6.84. The maximum Gasteiger partial charge on any atom is 0.237 e. The fourth-order valence-electron chi connectivity index (χ4n) is 2.67. The van der Waals surface area contributed by atoms with Crippen LogP contribution in [-0.4, -0.2) is 36.5 Å². The number of piperazine rings is 1. The predicted molar refractivity (Wildman–Crippen MR) is 78.4 cm³/mol. The molecule has 3 nitrogen and oxygen atoms in total. The lowest BCUT2D eigenvalue weighted by atomic mass is 9.99. The maximum absolute atomic E-state index is 11.9. The Labute approximate surface area is 119 Å². The lowest BCUT2D eigenvalue weighted by Crippen LogP contribution is -2.57. The summed E-state index contributed by atoms with van der Waals surface area (Å²) in [6.07, 6.45) is 0.885. The highest BCUT2D eigenvalue weighted by Gasteiger charge is 2.31. The van der Waals surface area contributed by atoms with Gasteiger partial charge in [-0.2, -0.15) is 0 Å². The van der Waals surface area contributed by atoms with Gasteiger partial charge in [0.05, 0.1) is 6.04 Å². The maximum atomic E-state index is 11.9. The van der Waals surface area contributed by atoms with E-state index in [-0.39, 0.29) is 11.9 Å². The van der Waals surface area contributed by atoms with E-state index in [0.29, 0.717) is 5.92 Å². The molecule has 1 unspecified atom stereocenters. The number of nitrogens with zero attached hydrogens (tertiary/aromatic N) is 1. The molecule has 19 heavy (non-hydrogen) atoms. The van der Waals surface area contributed by atoms with Gasteiger partial charge in [-0.15, -0.1) is 0 Å². The van der Waals surface area contributed by atoms with E-state index in [9.17, 15) is 4.79 Å². The first-order valence-corrected chi connectivity index (χ1v) is 7.22. The molecular formula is C15H21ClN2O. The first kappa shape index (κ1) is 14.4. The summed E-state index contributed by atoms with van der Waals surface area (Å²) in [5.74, 6) is 0.479. The lowest BCUT2D eigenvalue weighted by Gasteiger charge is -2.37. The molecule has 4 heteroatoms. The Morgan fingerprint density at radius 3 is 2.84 bits per heavy atom. The minimum Gasteiger partial charge on any atom is -0.353 e. The van der Waals surface area contributed by atoms with Crippen LogP contribution in [0.4, 0.5) is 0 Å². The van der Waals surface area contributed by atoms with Crippen molar-refractivity contribution in [1.82, 2.24) is 10.2 Å². The smallest absolute Gasteiger partial charge is 0.237 e. The van der Waals surface area contributed by atoms with Gasteiger partial charge >= 0.3 is 0 Å². The predicted octanol–water partition coefficient (Wildman–Crippen LogP) is 2.34. The highest BCUT2D eigenvalue weighted by molar-refractivity contribution is 6.31. The third-order valence-corrected chi connectivity index (χ3v) is 3.99. The number of hydrogen-bond donors (Lipinski definition) is 1. The normalized spacial score (nSPS) is 20.6. The largest absolute Gasteiger partial charge is 0.353 e. The SMILES string of the molecule is CC(C)C1C(=O)NCCN1CCc1ccccc1Cl. The van der Waals surface area contributed by atoms with Crippen molar-refractivity contribution in [2.24, 2.45) is 5.92 Å². The summed E-state index contributed by atoms with van der Waals surface area (Å²) in [7, 11) is 0. The molecule has 0 bridgehead atoms. The molecule has 1 saturated heterocycles. The van der Waals surface area contributed by atoms with Crippen molar-refractivity contribution in [2.45, 2.75) is 26.3 Å². The van der Waals surface area contributed by atoms with Crippen LogP contribution in [0.3, 0.4) is 0 Å². The van der Waals surface area contributed by atoms with Crippen LogP contribution in [0.5, 0.6) is 0 Å². The molecule has 0 radical (unpaired) electrons. The van der Waals surface area contributed by atoms with E-state index in [4.69, 9.17) is 11.6 Å². The Kier molecular flexibility index (Phi) is 4.83. The van der Waals surface area contributed by atoms with E-state index in [2.05, 4.69) is 30.1 Å². The van der Waals surface area contributed by atoms with Crippen LogP contribution in [0.2, 0.25) is 5.02 Å². The zero-order chi connectivity index (χ0) is 13.8. The van der Waals surface area contributed by atoms with Gasteiger partial charge < -0.3 is 5.32 Å². The molecule has 2 rings (SSSR count). The molecule has 1 aliphatic heterocycles. The Morgan fingerprint density at radius 2 is 2.16 bits per heavy atom. The number of nitrogens with one attached hydrogen (secondary N) is 1. The van der Waals surface area contributed by atoms with Crippen LogP contribution < -0.4 is 5.32 Å². The van der Waals surface area contributed by atoms with Crippen molar-refractivity contribution in [2.75, 3.05) is 19.6 Å². The molecule has 1 amide bonds. The molecule has 1 aromatic carbocycles. The van der Waals surface area contributed by atoms with Crippen molar-refractivity contribution < 1.29 is 4.79 Å². The van der Waals surface area contributed by atoms with Gasteiger partial charge in [0.2, 0.25) is 5.91 Å². The zero-order valence-corrected chi connectivity index (χ0v) is 12.3. The molecule has 1 N–H and O–H groups in total. The Morgan fingerprint density at radius 1 is 1.42 bits per heavy atom. The fourth-order valence-corrected chi connectivity index (χ4v) is 2.90. The molecular weight excluding hydrogens is 260 g/mol. The zero-order valence-electron chi connectivity index (χ0n) is 11.5. The summed E-state index contributed by atoms with van der Waals surface area (Å²) in [4.78, 5) is 14.2. The fraction of sp³-hybridized carbons (Fsp3) is 0.533. The first-order chi connectivity index (χ1) is 9.09. The molecule has 1 atom stereocenters. The van der Waals surface area contributed by atoms with Crippen molar-refractivity contribution in [3.05, 3.63) is 34.9 Å². The van der Waals surface area contributed by atoms with Gasteiger partial charge in [0.15, 0.2) is 0 Å². The second kappa shape index (κ2) is 6.40. The van der Waals surface area contributed by atoms with Crippen molar-refractivity contribution in [3.8, 4) is 0 Å². The minimum atomic E-state index is -0.0174. The average Bonchev–Trinajstić information content (AvgIpc) is 2.37. The van der Waals surface area contributed by atoms with E-state index < -0.39 is 0 Å². The van der Waals surface area contributed by atoms with Gasteiger partial charge in [-0.05, 0) is 24.0 Å². The van der Waals surface area contributed by atoms with E-state index in [1.165, 1.54) is 0 Å². The second-order valence-electron chi connectivity index (χ2n) is 5.36. The van der Waals surface area contributed by atoms with Crippen LogP contribution in [0.1, 0.15) is 19.4 Å². The summed E-state index contributed by atoms with van der Waals surface area (Å²) < 4.78 is 0. The van der Waals surface area contributed by atoms with Crippen LogP contribution in [0, 0.1) is 5.92 Å². The Bertz CT molecular complexity index is 448. The number of carbonyl (C=O) groups is 1. The summed E-state index contributed by atoms with van der Waals surface area (Å²) >= 11 is 6.17. The van der Waals surface area contributed by atoms with Crippen LogP contribution in [0.25, 0.3) is 0 Å². The second-order valence-corrected chi connectivity index (χ2v) is 5.76. The number of hydrogen-bond acceptors (Lipinski definition) is 2. The number of benzene rings is 1. The molecule has 1 heterocycles. The number of rotatable bonds is 4. The van der Waals surface area contributed by atoms with Crippen molar-refractivity contribution >= 4 is 17.5 Å². The third kappa shape index (κ3) is 3.48. The molecule has 1 fully saturated rings. The Hall–Kier alpha value is -1.06. The van der Waals surface area contributed by atoms with Crippen LogP contribution in [-0.2, 0) is 11.2 Å². The minimum absolute atomic E-state index is 0.0174. The number of carbonyl (C=O) groups excluding carboxylic acids is 1. The lowest BCUT2D eigenvalue weighted by molar-refractivity contribution is -0.130. The van der Waals surface area contributed by atoms with Gasteiger partial charge in [-0.3, -0.25) is 9.69 Å². The summed E-state index contributed by atoms with van der Waals surface area (Å²) in [6.45, 7) is 6.72. The molecule has 0 saturated carbocycles. The quantitative estimate of drug-likeness (QED) is 0.918. The van der Waals surface area contributed by atoms with E-state index in [1.54, 1.807) is 0 Å². The van der Waals surface area contributed by atoms with Gasteiger partial charge in [-0.25, -0.2) is 0 Å². The van der Waals surface area contributed by atoms with E-state index in [0.717, 1.165) is 36.6 Å². The standard InChI is InChI=1S/C15H21ClN2O/c1-11(2)14-15(19)17-8-10-18(14)9-7-12-5-3-4-6-13(12)16/h3-6,11,14H,7-10H2,1-2H3,(H,17,19). The Balaban J connectivity index is 2.01. The summed E-state index contributed by atoms with van der Waals surface area (Å²) in [5.41, 5.74) is 1.15. The van der Waals surface area contributed by atoms with Gasteiger partial charge in [0, 0.05) is 24.7 Å². The molecule has 0 aliphatic carbocycles. The van der Waals surface area contributed by atoms with Gasteiger partial charge in [-0.1, -0.05) is 43.6 Å². The highest BCUT2D eigenvalue weighted by Crippen LogP contribution is 2.18. The van der Waals surface area contributed by atoms with Gasteiger partial charge in [0.1, 0.15) is 0 Å². The van der Waals surface area contributed by atoms with Crippen molar-refractivity contribution in [3.63, 3.8) is 0 Å². The average molecular weight is 281 g/mol. The summed E-state index contributed by atoms with van der Waals surface area (Å²) in [5, 5.41) is 3.76. The van der Waals surface area contributed by atoms with E-state index >= 15 is 0 Å². The van der Waals surface area contributed by atoms with E-state index in [1.807, 2.05) is 18.2 Å². The topological polar surface area (TPSA) is 32.3 Å². The molecule has 0 aromatic heterocycles.